The molecule has 3 rings (SSSR count). The largest absolute Gasteiger partial charge is 0.497 e. The van der Waals surface area contributed by atoms with E-state index in [-0.39, 0.29) is 17.4 Å². The summed E-state index contributed by atoms with van der Waals surface area (Å²) in [6, 6.07) is 17.1. The topological polar surface area (TPSA) is 46.6 Å². The first kappa shape index (κ1) is 26.2. The molecule has 34 heavy (non-hydrogen) atoms. The van der Waals surface area contributed by atoms with Crippen molar-refractivity contribution in [3.05, 3.63) is 93.5 Å². The molecule has 1 atom stereocenters. The highest BCUT2D eigenvalue weighted by atomic mass is 79.9. The van der Waals surface area contributed by atoms with Gasteiger partial charge in [-0.3, -0.25) is 0 Å². The molecule has 0 aromatic heterocycles. The maximum absolute atomic E-state index is 13.1. The van der Waals surface area contributed by atoms with Crippen molar-refractivity contribution in [3.63, 3.8) is 0 Å². The zero-order valence-corrected chi connectivity index (χ0v) is 21.3. The number of ether oxygens (including phenoxy) is 1. The van der Waals surface area contributed by atoms with Crippen LogP contribution in [0, 0.1) is 0 Å². The number of halogens is 4. The van der Waals surface area contributed by atoms with Crippen LogP contribution in [-0.4, -0.2) is 26.9 Å². The number of hydrogen-bond donors (Lipinski definition) is 0. The van der Waals surface area contributed by atoms with Crippen molar-refractivity contribution in [2.24, 2.45) is 0 Å². The normalized spacial score (nSPS) is 13.2. The summed E-state index contributed by atoms with van der Waals surface area (Å²) in [5.41, 5.74) is 1.78. The lowest BCUT2D eigenvalue weighted by molar-refractivity contribution is -0.137. The molecule has 0 radical (unpaired) electrons. The van der Waals surface area contributed by atoms with Gasteiger partial charge in [0.2, 0.25) is 10.0 Å². The molecule has 0 saturated carbocycles. The standard InChI is InChI=1S/C25H25BrF3NO3S/c1-17(19-6-9-21(10-7-19)25(27,28)29)14-20-8-13-23(15-24(20)26)34(31,32)30(2)16-18-4-11-22(33-3)12-5-18/h4-13,15,17H,14,16H2,1-3H3/t17-/m1/s1. The Hall–Kier alpha value is -2.36. The molecule has 0 saturated heterocycles. The summed E-state index contributed by atoms with van der Waals surface area (Å²) in [5.74, 6) is 0.637. The summed E-state index contributed by atoms with van der Waals surface area (Å²) >= 11 is 3.46. The fourth-order valence-corrected chi connectivity index (χ4v) is 5.43. The van der Waals surface area contributed by atoms with Crippen LogP contribution in [0.15, 0.2) is 76.1 Å². The van der Waals surface area contributed by atoms with Gasteiger partial charge in [0.1, 0.15) is 5.75 Å². The van der Waals surface area contributed by atoms with E-state index in [0.717, 1.165) is 28.8 Å². The van der Waals surface area contributed by atoms with E-state index in [2.05, 4.69) is 15.9 Å². The summed E-state index contributed by atoms with van der Waals surface area (Å²) in [4.78, 5) is 0.154. The van der Waals surface area contributed by atoms with Crippen molar-refractivity contribution in [3.8, 4) is 5.75 Å². The first-order valence-corrected chi connectivity index (χ1v) is 12.7. The zero-order chi connectivity index (χ0) is 25.1. The Kier molecular flexibility index (Phi) is 8.10. The van der Waals surface area contributed by atoms with Crippen molar-refractivity contribution in [2.75, 3.05) is 14.2 Å². The number of sulfonamides is 1. The highest BCUT2D eigenvalue weighted by Gasteiger charge is 2.30. The van der Waals surface area contributed by atoms with E-state index in [4.69, 9.17) is 4.74 Å². The molecule has 0 unspecified atom stereocenters. The highest BCUT2D eigenvalue weighted by Crippen LogP contribution is 2.32. The van der Waals surface area contributed by atoms with Gasteiger partial charge >= 0.3 is 6.18 Å². The summed E-state index contributed by atoms with van der Waals surface area (Å²) in [7, 11) is -0.637. The molecule has 0 aliphatic heterocycles. The van der Waals surface area contributed by atoms with Crippen molar-refractivity contribution < 1.29 is 26.3 Å². The van der Waals surface area contributed by atoms with Crippen LogP contribution in [-0.2, 0) is 29.2 Å². The van der Waals surface area contributed by atoms with E-state index in [1.165, 1.54) is 23.5 Å². The minimum Gasteiger partial charge on any atom is -0.497 e. The van der Waals surface area contributed by atoms with Gasteiger partial charge in [-0.15, -0.1) is 0 Å². The van der Waals surface area contributed by atoms with Crippen LogP contribution in [0.3, 0.4) is 0 Å². The fraction of sp³-hybridized carbons (Fsp3) is 0.280. The molecule has 0 bridgehead atoms. The lowest BCUT2D eigenvalue weighted by Gasteiger charge is -2.19. The maximum Gasteiger partial charge on any atom is 0.416 e. The molecule has 0 heterocycles. The van der Waals surface area contributed by atoms with E-state index < -0.39 is 21.8 Å². The van der Waals surface area contributed by atoms with Gasteiger partial charge in [0.15, 0.2) is 0 Å². The van der Waals surface area contributed by atoms with Crippen LogP contribution in [0.2, 0.25) is 0 Å². The Bertz CT molecular complexity index is 1230. The number of hydrogen-bond acceptors (Lipinski definition) is 3. The average molecular weight is 556 g/mol. The molecule has 0 aliphatic carbocycles. The van der Waals surface area contributed by atoms with Gasteiger partial charge < -0.3 is 4.74 Å². The van der Waals surface area contributed by atoms with Crippen LogP contribution in [0.25, 0.3) is 0 Å². The average Bonchev–Trinajstić information content (AvgIpc) is 2.80. The predicted octanol–water partition coefficient (Wildman–Crippen LogP) is 6.64. The van der Waals surface area contributed by atoms with Crippen molar-refractivity contribution in [1.29, 1.82) is 0 Å². The van der Waals surface area contributed by atoms with Gasteiger partial charge in [-0.1, -0.05) is 53.2 Å². The fourth-order valence-electron chi connectivity index (χ4n) is 3.56. The molecule has 3 aromatic carbocycles. The molecule has 0 spiro atoms. The van der Waals surface area contributed by atoms with Crippen LogP contribution >= 0.6 is 15.9 Å². The maximum atomic E-state index is 13.1. The van der Waals surface area contributed by atoms with Gasteiger partial charge in [-0.25, -0.2) is 8.42 Å². The molecule has 9 heteroatoms. The molecular weight excluding hydrogens is 531 g/mol. The number of alkyl halides is 3. The third-order valence-corrected chi connectivity index (χ3v) is 8.17. The lowest BCUT2D eigenvalue weighted by atomic mass is 9.93. The minimum absolute atomic E-state index is 0.0567. The quantitative estimate of drug-likeness (QED) is 0.313. The smallest absolute Gasteiger partial charge is 0.416 e. The number of rotatable bonds is 8. The molecule has 3 aromatic rings. The van der Waals surface area contributed by atoms with Crippen LogP contribution in [0.1, 0.15) is 35.1 Å². The summed E-state index contributed by atoms with van der Waals surface area (Å²) in [6.45, 7) is 2.12. The minimum atomic E-state index is -4.37. The SMILES string of the molecule is COc1ccc(CN(C)S(=O)(=O)c2ccc(C[C@@H](C)c3ccc(C(F)(F)F)cc3)c(Br)c2)cc1. The van der Waals surface area contributed by atoms with Gasteiger partial charge in [0, 0.05) is 18.1 Å². The van der Waals surface area contributed by atoms with E-state index in [9.17, 15) is 21.6 Å². The Morgan fingerprint density at radius 1 is 1.00 bits per heavy atom. The van der Waals surface area contributed by atoms with Gasteiger partial charge in [0.05, 0.1) is 17.6 Å². The first-order valence-electron chi connectivity index (χ1n) is 10.5. The third kappa shape index (κ3) is 6.20. The summed E-state index contributed by atoms with van der Waals surface area (Å²) in [6.07, 6.45) is -3.83. The number of methoxy groups -OCH3 is 1. The van der Waals surface area contributed by atoms with Crippen molar-refractivity contribution >= 4 is 26.0 Å². The van der Waals surface area contributed by atoms with Gasteiger partial charge in [0.25, 0.3) is 0 Å². The Morgan fingerprint density at radius 2 is 1.62 bits per heavy atom. The molecule has 0 fully saturated rings. The van der Waals surface area contributed by atoms with E-state index in [0.29, 0.717) is 16.6 Å². The van der Waals surface area contributed by atoms with E-state index in [1.807, 2.05) is 19.1 Å². The van der Waals surface area contributed by atoms with Gasteiger partial charge in [-0.2, -0.15) is 17.5 Å². The number of nitrogens with zero attached hydrogens (tertiary/aromatic N) is 1. The molecule has 0 N–H and O–H groups in total. The highest BCUT2D eigenvalue weighted by molar-refractivity contribution is 9.10. The molecule has 4 nitrogen and oxygen atoms in total. The van der Waals surface area contributed by atoms with E-state index >= 15 is 0 Å². The van der Waals surface area contributed by atoms with E-state index in [1.54, 1.807) is 37.4 Å². The molecular formula is C25H25BrF3NO3S. The second-order valence-corrected chi connectivity index (χ2v) is 11.0. The monoisotopic (exact) mass is 555 g/mol. The second kappa shape index (κ2) is 10.5. The third-order valence-electron chi connectivity index (χ3n) is 5.63. The zero-order valence-electron chi connectivity index (χ0n) is 18.9. The predicted molar refractivity (Wildman–Crippen MR) is 129 cm³/mol. The van der Waals surface area contributed by atoms with Crippen molar-refractivity contribution in [1.82, 2.24) is 4.31 Å². The Balaban J connectivity index is 1.72. The van der Waals surface area contributed by atoms with Crippen LogP contribution in [0.5, 0.6) is 5.75 Å². The molecule has 0 aliphatic rings. The summed E-state index contributed by atoms with van der Waals surface area (Å²) < 4.78 is 71.6. The Labute approximate surface area is 206 Å². The number of benzene rings is 3. The van der Waals surface area contributed by atoms with Crippen LogP contribution < -0.4 is 4.74 Å². The second-order valence-electron chi connectivity index (χ2n) is 8.09. The first-order chi connectivity index (χ1) is 15.9. The van der Waals surface area contributed by atoms with Gasteiger partial charge in [-0.05, 0) is 65.4 Å². The van der Waals surface area contributed by atoms with Crippen molar-refractivity contribution in [2.45, 2.75) is 36.9 Å². The molecule has 182 valence electrons. The van der Waals surface area contributed by atoms with Crippen LogP contribution in [0.4, 0.5) is 13.2 Å². The Morgan fingerprint density at radius 3 is 2.15 bits per heavy atom. The summed E-state index contributed by atoms with van der Waals surface area (Å²) in [5, 5.41) is 0. The molecule has 0 amide bonds. The lowest BCUT2D eigenvalue weighted by Crippen LogP contribution is -2.26.